The van der Waals surface area contributed by atoms with E-state index in [1.54, 1.807) is 0 Å². The third-order valence-electron chi connectivity index (χ3n) is 6.35. The standard InChI is InChI=1S/C22H40O4/c1-4-5-6-7-8-9-14-19-18(20(23)24)13-11-16-22(19,21(25)26)15-10-12-17(2)3/h17-19H,4-16H2,1-3H3,(H,23,24)(H,25,26). The van der Waals surface area contributed by atoms with Gasteiger partial charge in [0.25, 0.3) is 0 Å². The van der Waals surface area contributed by atoms with Gasteiger partial charge in [-0.3, -0.25) is 9.59 Å². The minimum absolute atomic E-state index is 0.218. The summed E-state index contributed by atoms with van der Waals surface area (Å²) in [6.07, 6.45) is 12.2. The molecule has 0 bridgehead atoms. The Balaban J connectivity index is 2.83. The van der Waals surface area contributed by atoms with Crippen molar-refractivity contribution in [2.75, 3.05) is 0 Å². The van der Waals surface area contributed by atoms with Gasteiger partial charge in [-0.05, 0) is 37.5 Å². The number of carbonyl (C=O) groups is 2. The third-order valence-corrected chi connectivity index (χ3v) is 6.35. The van der Waals surface area contributed by atoms with E-state index in [2.05, 4.69) is 20.8 Å². The lowest BCUT2D eigenvalue weighted by molar-refractivity contribution is -0.164. The zero-order chi connectivity index (χ0) is 19.6. The van der Waals surface area contributed by atoms with Crippen LogP contribution >= 0.6 is 0 Å². The molecule has 152 valence electrons. The maximum Gasteiger partial charge on any atom is 0.309 e. The van der Waals surface area contributed by atoms with Crippen LogP contribution in [0.1, 0.15) is 104 Å². The number of carboxylic acids is 2. The first-order valence-corrected chi connectivity index (χ1v) is 10.8. The first-order chi connectivity index (χ1) is 12.3. The molecule has 0 aliphatic heterocycles. The second kappa shape index (κ2) is 11.6. The molecule has 0 aromatic rings. The lowest BCUT2D eigenvalue weighted by Crippen LogP contribution is -2.47. The Morgan fingerprint density at radius 3 is 2.27 bits per heavy atom. The predicted molar refractivity (Wildman–Crippen MR) is 105 cm³/mol. The molecule has 0 aromatic carbocycles. The number of aliphatic carboxylic acids is 2. The average Bonchev–Trinajstić information content (AvgIpc) is 2.57. The lowest BCUT2D eigenvalue weighted by Gasteiger charge is -2.44. The number of hydrogen-bond acceptors (Lipinski definition) is 2. The van der Waals surface area contributed by atoms with Crippen LogP contribution in [0.3, 0.4) is 0 Å². The summed E-state index contributed by atoms with van der Waals surface area (Å²) in [4.78, 5) is 24.1. The van der Waals surface area contributed by atoms with Crippen LogP contribution in [0.5, 0.6) is 0 Å². The summed E-state index contributed by atoms with van der Waals surface area (Å²) in [5, 5.41) is 19.8. The molecule has 0 radical (unpaired) electrons. The Bertz CT molecular complexity index is 432. The van der Waals surface area contributed by atoms with Crippen LogP contribution in [0, 0.1) is 23.2 Å². The van der Waals surface area contributed by atoms with Crippen molar-refractivity contribution < 1.29 is 19.8 Å². The average molecular weight is 369 g/mol. The summed E-state index contributed by atoms with van der Waals surface area (Å²) < 4.78 is 0. The van der Waals surface area contributed by atoms with E-state index in [0.29, 0.717) is 25.2 Å². The summed E-state index contributed by atoms with van der Waals surface area (Å²) in [6.45, 7) is 6.50. The third kappa shape index (κ3) is 6.59. The quantitative estimate of drug-likeness (QED) is 0.383. The summed E-state index contributed by atoms with van der Waals surface area (Å²) in [6, 6.07) is 0. The fourth-order valence-electron chi connectivity index (χ4n) is 4.84. The zero-order valence-corrected chi connectivity index (χ0v) is 17.1. The van der Waals surface area contributed by atoms with Crippen molar-refractivity contribution >= 4 is 11.9 Å². The maximum atomic E-state index is 12.3. The molecule has 0 heterocycles. The second-order valence-electron chi connectivity index (χ2n) is 8.75. The van der Waals surface area contributed by atoms with E-state index >= 15 is 0 Å². The highest BCUT2D eigenvalue weighted by Gasteiger charge is 2.52. The topological polar surface area (TPSA) is 74.6 Å². The molecule has 2 N–H and O–H groups in total. The molecule has 1 aliphatic carbocycles. The summed E-state index contributed by atoms with van der Waals surface area (Å²) in [5.41, 5.74) is -0.834. The minimum Gasteiger partial charge on any atom is -0.481 e. The first-order valence-electron chi connectivity index (χ1n) is 10.8. The molecule has 1 aliphatic rings. The highest BCUT2D eigenvalue weighted by molar-refractivity contribution is 5.78. The van der Waals surface area contributed by atoms with Crippen molar-refractivity contribution in [3.05, 3.63) is 0 Å². The van der Waals surface area contributed by atoms with Crippen LogP contribution in [0.15, 0.2) is 0 Å². The van der Waals surface area contributed by atoms with Gasteiger partial charge < -0.3 is 10.2 Å². The van der Waals surface area contributed by atoms with E-state index in [-0.39, 0.29) is 5.92 Å². The van der Waals surface area contributed by atoms with Crippen molar-refractivity contribution in [2.24, 2.45) is 23.2 Å². The van der Waals surface area contributed by atoms with Crippen molar-refractivity contribution in [1.82, 2.24) is 0 Å². The predicted octanol–water partition coefficient (Wildman–Crippen LogP) is 6.14. The smallest absolute Gasteiger partial charge is 0.309 e. The molecule has 3 unspecified atom stereocenters. The Hall–Kier alpha value is -1.06. The Morgan fingerprint density at radius 1 is 1.04 bits per heavy atom. The molecule has 4 heteroatoms. The fourth-order valence-corrected chi connectivity index (χ4v) is 4.84. The Morgan fingerprint density at radius 2 is 1.69 bits per heavy atom. The number of rotatable bonds is 13. The van der Waals surface area contributed by atoms with Crippen LogP contribution in [-0.2, 0) is 9.59 Å². The van der Waals surface area contributed by atoms with Gasteiger partial charge in [-0.15, -0.1) is 0 Å². The Kier molecular flexibility index (Phi) is 10.3. The zero-order valence-electron chi connectivity index (χ0n) is 17.1. The van der Waals surface area contributed by atoms with E-state index in [9.17, 15) is 19.8 Å². The van der Waals surface area contributed by atoms with Crippen molar-refractivity contribution in [2.45, 2.75) is 104 Å². The van der Waals surface area contributed by atoms with Crippen LogP contribution in [0.25, 0.3) is 0 Å². The van der Waals surface area contributed by atoms with Crippen molar-refractivity contribution in [1.29, 1.82) is 0 Å². The van der Waals surface area contributed by atoms with Gasteiger partial charge in [-0.25, -0.2) is 0 Å². The molecular formula is C22H40O4. The largest absolute Gasteiger partial charge is 0.481 e. The van der Waals surface area contributed by atoms with Crippen molar-refractivity contribution in [3.8, 4) is 0 Å². The van der Waals surface area contributed by atoms with E-state index in [0.717, 1.165) is 38.5 Å². The summed E-state index contributed by atoms with van der Waals surface area (Å²) in [7, 11) is 0. The highest BCUT2D eigenvalue weighted by atomic mass is 16.4. The van der Waals surface area contributed by atoms with E-state index in [4.69, 9.17) is 0 Å². The minimum atomic E-state index is -0.834. The Labute approximate surface area is 159 Å². The normalized spacial score (nSPS) is 26.2. The molecule has 26 heavy (non-hydrogen) atoms. The number of carboxylic acid groups (broad SMARTS) is 2. The molecular weight excluding hydrogens is 328 g/mol. The lowest BCUT2D eigenvalue weighted by atomic mass is 9.58. The van der Waals surface area contributed by atoms with Gasteiger partial charge in [-0.1, -0.05) is 78.6 Å². The highest BCUT2D eigenvalue weighted by Crippen LogP contribution is 2.50. The fraction of sp³-hybridized carbons (Fsp3) is 0.909. The molecule has 0 spiro atoms. The van der Waals surface area contributed by atoms with Gasteiger partial charge in [0, 0.05) is 0 Å². The van der Waals surface area contributed by atoms with Gasteiger partial charge in [0.1, 0.15) is 0 Å². The monoisotopic (exact) mass is 368 g/mol. The molecule has 3 atom stereocenters. The van der Waals surface area contributed by atoms with Crippen LogP contribution in [0.4, 0.5) is 0 Å². The number of hydrogen-bond donors (Lipinski definition) is 2. The second-order valence-corrected chi connectivity index (χ2v) is 8.75. The van der Waals surface area contributed by atoms with Crippen LogP contribution < -0.4 is 0 Å². The van der Waals surface area contributed by atoms with E-state index in [1.807, 2.05) is 0 Å². The first kappa shape index (κ1) is 23.0. The van der Waals surface area contributed by atoms with Crippen LogP contribution in [0.2, 0.25) is 0 Å². The van der Waals surface area contributed by atoms with Crippen LogP contribution in [-0.4, -0.2) is 22.2 Å². The molecule has 1 rings (SSSR count). The van der Waals surface area contributed by atoms with Gasteiger partial charge >= 0.3 is 11.9 Å². The molecule has 1 fully saturated rings. The maximum absolute atomic E-state index is 12.3. The van der Waals surface area contributed by atoms with Gasteiger partial charge in [0.15, 0.2) is 0 Å². The van der Waals surface area contributed by atoms with E-state index in [1.165, 1.54) is 25.7 Å². The van der Waals surface area contributed by atoms with Gasteiger partial charge in [0.05, 0.1) is 11.3 Å². The van der Waals surface area contributed by atoms with Gasteiger partial charge in [-0.2, -0.15) is 0 Å². The molecule has 0 amide bonds. The summed E-state index contributed by atoms with van der Waals surface area (Å²) in [5.74, 6) is -1.71. The molecule has 0 saturated heterocycles. The SMILES string of the molecule is CCCCCCCCC1C(C(=O)O)CCCC1(CCCC(C)C)C(=O)O. The molecule has 4 nitrogen and oxygen atoms in total. The van der Waals surface area contributed by atoms with Gasteiger partial charge in [0.2, 0.25) is 0 Å². The molecule has 1 saturated carbocycles. The summed E-state index contributed by atoms with van der Waals surface area (Å²) >= 11 is 0. The molecule has 0 aromatic heterocycles. The number of unbranched alkanes of at least 4 members (excludes halogenated alkanes) is 5. The van der Waals surface area contributed by atoms with E-state index < -0.39 is 23.3 Å². The van der Waals surface area contributed by atoms with Crippen molar-refractivity contribution in [3.63, 3.8) is 0 Å².